The monoisotopic (exact) mass is 399 g/mol. The van der Waals surface area contributed by atoms with Gasteiger partial charge in [0.25, 0.3) is 0 Å². The van der Waals surface area contributed by atoms with Gasteiger partial charge in [-0.05, 0) is 63.5 Å². The first-order valence-electron chi connectivity index (χ1n) is 10.3. The van der Waals surface area contributed by atoms with Gasteiger partial charge in [-0.1, -0.05) is 42.2 Å². The van der Waals surface area contributed by atoms with E-state index in [2.05, 4.69) is 49.4 Å². The Labute approximate surface area is 179 Å². The first-order valence-corrected chi connectivity index (χ1v) is 10.3. The van der Waals surface area contributed by atoms with Gasteiger partial charge in [0.1, 0.15) is 5.76 Å². The Morgan fingerprint density at radius 1 is 1.27 bits per heavy atom. The van der Waals surface area contributed by atoms with Crippen molar-refractivity contribution in [2.24, 2.45) is 16.3 Å². The van der Waals surface area contributed by atoms with E-state index >= 15 is 0 Å². The molecule has 0 radical (unpaired) electrons. The smallest absolute Gasteiger partial charge is 0.134 e. The highest BCUT2D eigenvalue weighted by Gasteiger charge is 2.12. The quantitative estimate of drug-likeness (QED) is 0.481. The Morgan fingerprint density at radius 3 is 2.73 bits per heavy atom. The molecule has 30 heavy (non-hydrogen) atoms. The summed E-state index contributed by atoms with van der Waals surface area (Å²) in [7, 11) is 0. The van der Waals surface area contributed by atoms with E-state index in [0.29, 0.717) is 5.71 Å². The van der Waals surface area contributed by atoms with Crippen molar-refractivity contribution in [2.75, 3.05) is 0 Å². The van der Waals surface area contributed by atoms with Crippen LogP contribution in [0.4, 0.5) is 0 Å². The highest BCUT2D eigenvalue weighted by Crippen LogP contribution is 2.25. The summed E-state index contributed by atoms with van der Waals surface area (Å²) in [5.41, 5.74) is 3.75. The van der Waals surface area contributed by atoms with E-state index in [4.69, 9.17) is 4.42 Å². The lowest BCUT2D eigenvalue weighted by atomic mass is 9.90. The molecule has 154 valence electrons. The predicted molar refractivity (Wildman–Crippen MR) is 124 cm³/mol. The minimum absolute atomic E-state index is 0.0712. The number of rotatable bonds is 6. The molecule has 0 aliphatic carbocycles. The summed E-state index contributed by atoms with van der Waals surface area (Å²) in [4.78, 5) is 4.28. The Hall–Kier alpha value is -3.09. The van der Waals surface area contributed by atoms with Crippen molar-refractivity contribution in [3.8, 4) is 23.2 Å². The molecule has 0 saturated heterocycles. The number of furan rings is 1. The molecule has 3 heteroatoms. The molecule has 0 saturated carbocycles. The molecular formula is C27H29NO2. The second-order valence-corrected chi connectivity index (χ2v) is 8.32. The van der Waals surface area contributed by atoms with Crippen molar-refractivity contribution < 1.29 is 9.52 Å². The van der Waals surface area contributed by atoms with Crippen LogP contribution in [-0.2, 0) is 6.42 Å². The molecule has 0 bridgehead atoms. The Morgan fingerprint density at radius 2 is 2.03 bits per heavy atom. The van der Waals surface area contributed by atoms with Gasteiger partial charge in [0.15, 0.2) is 0 Å². The zero-order chi connectivity index (χ0) is 21.6. The molecule has 1 aromatic heterocycles. The molecule has 2 aromatic rings. The second-order valence-electron chi connectivity index (χ2n) is 8.32. The van der Waals surface area contributed by atoms with E-state index in [1.54, 1.807) is 13.1 Å². The van der Waals surface area contributed by atoms with Crippen LogP contribution in [-0.4, -0.2) is 16.9 Å². The van der Waals surface area contributed by atoms with Gasteiger partial charge in [0.05, 0.1) is 18.1 Å². The van der Waals surface area contributed by atoms with Crippen LogP contribution in [0, 0.1) is 23.2 Å². The lowest BCUT2D eigenvalue weighted by molar-refractivity contribution is 0.263. The third-order valence-corrected chi connectivity index (χ3v) is 4.99. The topological polar surface area (TPSA) is 45.7 Å². The van der Waals surface area contributed by atoms with Crippen molar-refractivity contribution in [2.45, 2.75) is 39.7 Å². The van der Waals surface area contributed by atoms with Gasteiger partial charge in [-0.2, -0.15) is 0 Å². The summed E-state index contributed by atoms with van der Waals surface area (Å²) in [6.07, 6.45) is 12.6. The van der Waals surface area contributed by atoms with Gasteiger partial charge < -0.3 is 9.52 Å². The average molecular weight is 400 g/mol. The molecule has 1 N–H and O–H groups in total. The number of nitrogens with zero attached hydrogens (tertiary/aromatic N) is 1. The number of hydrogen-bond donors (Lipinski definition) is 1. The molecule has 0 amide bonds. The molecule has 3 rings (SSSR count). The summed E-state index contributed by atoms with van der Waals surface area (Å²) in [5.74, 6) is 7.63. The van der Waals surface area contributed by atoms with Crippen molar-refractivity contribution in [1.82, 2.24) is 0 Å². The summed E-state index contributed by atoms with van der Waals surface area (Å²) in [5, 5.41) is 9.68. The first kappa shape index (κ1) is 21.6. The summed E-state index contributed by atoms with van der Waals surface area (Å²) in [6.45, 7) is 9.76. The molecule has 2 heterocycles. The van der Waals surface area contributed by atoms with E-state index in [9.17, 15) is 5.11 Å². The third kappa shape index (κ3) is 5.95. The second kappa shape index (κ2) is 9.61. The van der Waals surface area contributed by atoms with Crippen LogP contribution < -0.4 is 0 Å². The van der Waals surface area contributed by atoms with E-state index in [1.807, 2.05) is 48.8 Å². The van der Waals surface area contributed by atoms with Gasteiger partial charge >= 0.3 is 0 Å². The Balaban J connectivity index is 1.66. The van der Waals surface area contributed by atoms with E-state index in [0.717, 1.165) is 35.3 Å². The number of benzene rings is 1. The zero-order valence-corrected chi connectivity index (χ0v) is 17.9. The van der Waals surface area contributed by atoms with E-state index < -0.39 is 6.10 Å². The maximum atomic E-state index is 9.68. The minimum atomic E-state index is -0.564. The standard InChI is InChI=1S/C27H29NO2/c1-5-14-27(3,4)15-12-21-6-9-24(10-7-21)26-18-23(19-30-26)17-22-8-11-25(20(2)29)28-16-13-22/h5-11,13,16,18-20,22,29H,1,14,17H2,2-4H3/t20-,22?/m0/s1. The molecule has 3 nitrogen and oxygen atoms in total. The van der Waals surface area contributed by atoms with Crippen LogP contribution in [0.5, 0.6) is 0 Å². The van der Waals surface area contributed by atoms with Gasteiger partial charge in [-0.25, -0.2) is 0 Å². The van der Waals surface area contributed by atoms with E-state index in [1.165, 1.54) is 0 Å². The molecule has 0 fully saturated rings. The van der Waals surface area contributed by atoms with Gasteiger partial charge in [0, 0.05) is 28.7 Å². The van der Waals surface area contributed by atoms with Gasteiger partial charge in [-0.15, -0.1) is 6.58 Å². The Bertz CT molecular complexity index is 1020. The Kier molecular flexibility index (Phi) is 6.92. The minimum Gasteiger partial charge on any atom is -0.464 e. The molecular weight excluding hydrogens is 370 g/mol. The number of aliphatic hydroxyl groups excluding tert-OH is 1. The summed E-state index contributed by atoms with van der Waals surface area (Å²) >= 11 is 0. The average Bonchev–Trinajstić information content (AvgIpc) is 3.04. The molecule has 1 unspecified atom stereocenters. The predicted octanol–water partition coefficient (Wildman–Crippen LogP) is 5.96. The molecule has 1 aliphatic rings. The van der Waals surface area contributed by atoms with Crippen molar-refractivity contribution >= 4 is 5.71 Å². The summed E-state index contributed by atoms with van der Waals surface area (Å²) in [6, 6.07) is 10.2. The highest BCUT2D eigenvalue weighted by molar-refractivity contribution is 5.98. The molecule has 0 spiro atoms. The fourth-order valence-corrected chi connectivity index (χ4v) is 3.23. The van der Waals surface area contributed by atoms with Gasteiger partial charge in [-0.3, -0.25) is 4.99 Å². The van der Waals surface area contributed by atoms with Crippen molar-refractivity contribution in [1.29, 1.82) is 0 Å². The van der Waals surface area contributed by atoms with Gasteiger partial charge in [0.2, 0.25) is 0 Å². The molecule has 2 atom stereocenters. The zero-order valence-electron chi connectivity index (χ0n) is 17.9. The van der Waals surface area contributed by atoms with Crippen LogP contribution in [0.25, 0.3) is 11.3 Å². The van der Waals surface area contributed by atoms with Crippen molar-refractivity contribution in [3.05, 3.63) is 84.8 Å². The maximum absolute atomic E-state index is 9.68. The number of hydrogen-bond acceptors (Lipinski definition) is 3. The van der Waals surface area contributed by atoms with Crippen LogP contribution in [0.1, 0.15) is 38.3 Å². The van der Waals surface area contributed by atoms with Crippen LogP contribution >= 0.6 is 0 Å². The maximum Gasteiger partial charge on any atom is 0.134 e. The number of aliphatic hydroxyl groups is 1. The van der Waals surface area contributed by atoms with E-state index in [-0.39, 0.29) is 11.3 Å². The number of allylic oxidation sites excluding steroid dienone is 3. The fraction of sp³-hybridized carbons (Fsp3) is 0.296. The first-order chi connectivity index (χ1) is 14.4. The van der Waals surface area contributed by atoms with Crippen LogP contribution in [0.2, 0.25) is 0 Å². The fourth-order valence-electron chi connectivity index (χ4n) is 3.23. The largest absolute Gasteiger partial charge is 0.464 e. The number of aliphatic imine (C=N–C) groups is 1. The highest BCUT2D eigenvalue weighted by atomic mass is 16.3. The van der Waals surface area contributed by atoms with Crippen molar-refractivity contribution in [3.63, 3.8) is 0 Å². The van der Waals surface area contributed by atoms with Crippen LogP contribution in [0.15, 0.2) is 83.1 Å². The van der Waals surface area contributed by atoms with Crippen LogP contribution in [0.3, 0.4) is 0 Å². The lowest BCUT2D eigenvalue weighted by Crippen LogP contribution is -2.12. The third-order valence-electron chi connectivity index (χ3n) is 4.99. The molecule has 1 aromatic carbocycles. The molecule has 1 aliphatic heterocycles. The SMILES string of the molecule is C=CCC(C)(C)C#Cc1ccc(-c2cc(CC3C=CN=C([C@H](C)O)C=C3)co2)cc1. The normalized spacial score (nSPS) is 16.9. The summed E-state index contributed by atoms with van der Waals surface area (Å²) < 4.78 is 5.80. The lowest BCUT2D eigenvalue weighted by Gasteiger charge is -2.13.